The van der Waals surface area contributed by atoms with Crippen molar-refractivity contribution < 1.29 is 14.4 Å². The number of benzene rings is 1. The number of imide groups is 1. The van der Waals surface area contributed by atoms with Crippen LogP contribution in [0.3, 0.4) is 0 Å². The predicted molar refractivity (Wildman–Crippen MR) is 111 cm³/mol. The van der Waals surface area contributed by atoms with E-state index in [1.54, 1.807) is 23.3 Å². The number of hydrogen-bond acceptors (Lipinski definition) is 5. The molecule has 1 saturated heterocycles. The minimum absolute atomic E-state index is 0.238. The molecule has 1 atom stereocenters. The maximum Gasteiger partial charge on any atom is 0.325 e. The third-order valence-electron chi connectivity index (χ3n) is 6.14. The lowest BCUT2D eigenvalue weighted by atomic mass is 9.90. The molecule has 1 aliphatic heterocycles. The number of carbonyl (C=O) groups is 3. The number of hydrogen-bond donors (Lipinski definition) is 1. The van der Waals surface area contributed by atoms with Crippen LogP contribution in [-0.4, -0.2) is 51.8 Å². The molecule has 4 rings (SSSR count). The topological polar surface area (TPSA) is 82.6 Å². The summed E-state index contributed by atoms with van der Waals surface area (Å²) in [5, 5.41) is 3.72. The summed E-state index contributed by atoms with van der Waals surface area (Å²) in [5.74, 6) is -0.523. The third-order valence-corrected chi connectivity index (χ3v) is 7.35. The van der Waals surface area contributed by atoms with Crippen molar-refractivity contribution in [2.75, 3.05) is 13.6 Å². The molecule has 0 radical (unpaired) electrons. The smallest absolute Gasteiger partial charge is 0.325 e. The molecule has 0 unspecified atom stereocenters. The lowest BCUT2D eigenvalue weighted by molar-refractivity contribution is -0.139. The van der Waals surface area contributed by atoms with Gasteiger partial charge in [0.15, 0.2) is 0 Å². The first kappa shape index (κ1) is 19.8. The fourth-order valence-electron chi connectivity index (χ4n) is 4.19. The Morgan fingerprint density at radius 2 is 1.93 bits per heavy atom. The minimum atomic E-state index is -0.814. The fourth-order valence-corrected chi connectivity index (χ4v) is 5.25. The number of aromatic nitrogens is 1. The van der Waals surface area contributed by atoms with E-state index < -0.39 is 11.6 Å². The summed E-state index contributed by atoms with van der Waals surface area (Å²) in [5.41, 5.74) is 0.0926. The number of carbonyl (C=O) groups excluding carboxylic acids is 3. The molecule has 2 heterocycles. The van der Waals surface area contributed by atoms with Crippen LogP contribution in [0, 0.1) is 0 Å². The lowest BCUT2D eigenvalue weighted by Gasteiger charge is -2.26. The minimum Gasteiger partial charge on any atom is -0.335 e. The maximum absolute atomic E-state index is 13.0. The van der Waals surface area contributed by atoms with E-state index in [0.29, 0.717) is 12.8 Å². The van der Waals surface area contributed by atoms with E-state index in [9.17, 15) is 14.4 Å². The Labute approximate surface area is 174 Å². The van der Waals surface area contributed by atoms with Gasteiger partial charge in [-0.05, 0) is 31.9 Å². The number of rotatable bonds is 4. The van der Waals surface area contributed by atoms with E-state index in [1.807, 2.05) is 31.2 Å². The van der Waals surface area contributed by atoms with E-state index in [4.69, 9.17) is 0 Å². The molecule has 4 amide bonds. The zero-order valence-electron chi connectivity index (χ0n) is 16.8. The molecule has 1 aromatic carbocycles. The van der Waals surface area contributed by atoms with Crippen molar-refractivity contribution in [1.29, 1.82) is 0 Å². The molecule has 154 valence electrons. The first-order chi connectivity index (χ1) is 13.9. The second kappa shape index (κ2) is 7.74. The Morgan fingerprint density at radius 3 is 2.62 bits per heavy atom. The van der Waals surface area contributed by atoms with E-state index in [-0.39, 0.29) is 24.4 Å². The molecule has 1 aliphatic carbocycles. The summed E-state index contributed by atoms with van der Waals surface area (Å²) in [6, 6.07) is 7.16. The van der Waals surface area contributed by atoms with Gasteiger partial charge in [-0.3, -0.25) is 14.5 Å². The number of nitrogens with zero attached hydrogens (tertiary/aromatic N) is 3. The first-order valence-corrected chi connectivity index (χ1v) is 11.0. The van der Waals surface area contributed by atoms with Crippen LogP contribution in [0.4, 0.5) is 4.79 Å². The largest absolute Gasteiger partial charge is 0.335 e. The number of thiazole rings is 1. The molecule has 2 aromatic rings. The van der Waals surface area contributed by atoms with Crippen molar-refractivity contribution in [3.8, 4) is 0 Å². The highest BCUT2D eigenvalue weighted by atomic mass is 32.1. The Hall–Kier alpha value is -2.48. The van der Waals surface area contributed by atoms with Gasteiger partial charge in [0.25, 0.3) is 5.91 Å². The molecular formula is C21H26N4O3S. The molecule has 7 nitrogen and oxygen atoms in total. The van der Waals surface area contributed by atoms with Crippen LogP contribution in [0.25, 0.3) is 10.2 Å². The summed E-state index contributed by atoms with van der Waals surface area (Å²) in [7, 11) is 1.69. The van der Waals surface area contributed by atoms with Crippen LogP contribution in [0.5, 0.6) is 0 Å². The average molecular weight is 415 g/mol. The summed E-state index contributed by atoms with van der Waals surface area (Å²) in [6.07, 6.45) is 5.30. The summed E-state index contributed by atoms with van der Waals surface area (Å²) in [4.78, 5) is 45.7. The highest BCUT2D eigenvalue weighted by Crippen LogP contribution is 2.33. The van der Waals surface area contributed by atoms with E-state index >= 15 is 0 Å². The zero-order chi connectivity index (χ0) is 20.6. The van der Waals surface area contributed by atoms with Crippen molar-refractivity contribution in [2.45, 2.75) is 57.0 Å². The Bertz CT molecular complexity index is 915. The summed E-state index contributed by atoms with van der Waals surface area (Å²) >= 11 is 1.55. The van der Waals surface area contributed by atoms with Crippen molar-refractivity contribution in [3.63, 3.8) is 0 Å². The zero-order valence-corrected chi connectivity index (χ0v) is 17.6. The maximum atomic E-state index is 13.0. The third kappa shape index (κ3) is 3.61. The van der Waals surface area contributed by atoms with Gasteiger partial charge < -0.3 is 10.2 Å². The molecule has 8 heteroatoms. The van der Waals surface area contributed by atoms with Crippen LogP contribution in [0.15, 0.2) is 24.3 Å². The number of para-hydroxylation sites is 1. The van der Waals surface area contributed by atoms with Crippen molar-refractivity contribution >= 4 is 39.4 Å². The molecule has 1 saturated carbocycles. The van der Waals surface area contributed by atoms with Crippen molar-refractivity contribution in [1.82, 2.24) is 20.1 Å². The number of fused-ring (bicyclic) bond motifs is 1. The lowest BCUT2D eigenvalue weighted by Crippen LogP contribution is -2.47. The van der Waals surface area contributed by atoms with Gasteiger partial charge in [-0.2, -0.15) is 0 Å². The Kier molecular flexibility index (Phi) is 5.29. The van der Waals surface area contributed by atoms with Crippen LogP contribution in [-0.2, 0) is 9.59 Å². The highest BCUT2D eigenvalue weighted by molar-refractivity contribution is 7.18. The summed E-state index contributed by atoms with van der Waals surface area (Å²) in [6.45, 7) is 1.67. The van der Waals surface area contributed by atoms with Gasteiger partial charge in [0.2, 0.25) is 5.91 Å². The van der Waals surface area contributed by atoms with Gasteiger partial charge in [-0.25, -0.2) is 9.78 Å². The van der Waals surface area contributed by atoms with Crippen LogP contribution < -0.4 is 5.32 Å². The molecule has 2 aliphatic rings. The van der Waals surface area contributed by atoms with Gasteiger partial charge in [0.1, 0.15) is 17.1 Å². The normalized spacial score (nSPS) is 20.0. The van der Waals surface area contributed by atoms with E-state index in [2.05, 4.69) is 10.3 Å². The number of amides is 4. The molecule has 0 bridgehead atoms. The number of nitrogens with one attached hydrogen (secondary N) is 1. The molecule has 1 spiro atoms. The highest BCUT2D eigenvalue weighted by Gasteiger charge is 2.51. The van der Waals surface area contributed by atoms with Crippen LogP contribution in [0.2, 0.25) is 0 Å². The van der Waals surface area contributed by atoms with Gasteiger partial charge in [0, 0.05) is 7.05 Å². The van der Waals surface area contributed by atoms with E-state index in [0.717, 1.165) is 45.8 Å². The van der Waals surface area contributed by atoms with Gasteiger partial charge in [-0.15, -0.1) is 11.3 Å². The Morgan fingerprint density at radius 1 is 1.24 bits per heavy atom. The van der Waals surface area contributed by atoms with Gasteiger partial charge >= 0.3 is 6.03 Å². The predicted octanol–water partition coefficient (Wildman–Crippen LogP) is 3.46. The first-order valence-electron chi connectivity index (χ1n) is 10.2. The van der Waals surface area contributed by atoms with E-state index in [1.165, 1.54) is 0 Å². The quantitative estimate of drug-likeness (QED) is 0.777. The van der Waals surface area contributed by atoms with Crippen LogP contribution >= 0.6 is 11.3 Å². The molecule has 29 heavy (non-hydrogen) atoms. The average Bonchev–Trinajstić information content (AvgIpc) is 3.13. The van der Waals surface area contributed by atoms with Gasteiger partial charge in [0.05, 0.1) is 16.3 Å². The second-order valence-electron chi connectivity index (χ2n) is 8.02. The number of urea groups is 1. The molecular weight excluding hydrogens is 388 g/mol. The van der Waals surface area contributed by atoms with Crippen LogP contribution in [0.1, 0.15) is 56.5 Å². The van der Waals surface area contributed by atoms with Crippen molar-refractivity contribution in [3.05, 3.63) is 29.3 Å². The Balaban J connectivity index is 1.46. The standard InChI is InChI=1S/C21H26N4O3S/c1-14(18-22-15-9-5-6-10-16(15)29-18)24(2)17(26)13-25-19(27)21(23-20(25)28)11-7-3-4-8-12-21/h5-6,9-10,14H,3-4,7-8,11-13H2,1-2H3,(H,23,28)/t14-/m0/s1. The molecule has 1 aromatic heterocycles. The monoisotopic (exact) mass is 414 g/mol. The number of likely N-dealkylation sites (N-methyl/N-ethyl adjacent to an activating group) is 1. The summed E-state index contributed by atoms with van der Waals surface area (Å²) < 4.78 is 1.07. The van der Waals surface area contributed by atoms with Gasteiger partial charge in [-0.1, -0.05) is 37.8 Å². The second-order valence-corrected chi connectivity index (χ2v) is 9.08. The molecule has 2 fully saturated rings. The fraction of sp³-hybridized carbons (Fsp3) is 0.524. The SMILES string of the molecule is C[C@@H](c1nc2ccccc2s1)N(C)C(=O)CN1C(=O)NC2(CCCCCC2)C1=O. The van der Waals surface area contributed by atoms with Crippen molar-refractivity contribution in [2.24, 2.45) is 0 Å². The molecule has 1 N–H and O–H groups in total.